The predicted molar refractivity (Wildman–Crippen MR) is 110 cm³/mol. The van der Waals surface area contributed by atoms with Crippen LogP contribution in [-0.4, -0.2) is 34.8 Å². The Bertz CT molecular complexity index is 1060. The number of benzene rings is 2. The van der Waals surface area contributed by atoms with E-state index in [0.29, 0.717) is 42.7 Å². The van der Waals surface area contributed by atoms with Crippen molar-refractivity contribution in [2.75, 3.05) is 18.4 Å². The number of anilines is 1. The van der Waals surface area contributed by atoms with Crippen LogP contribution in [0.5, 0.6) is 0 Å². The van der Waals surface area contributed by atoms with Gasteiger partial charge in [-0.2, -0.15) is 0 Å². The van der Waals surface area contributed by atoms with Gasteiger partial charge in [0.15, 0.2) is 0 Å². The van der Waals surface area contributed by atoms with Crippen LogP contribution in [0.15, 0.2) is 54.6 Å². The SMILES string of the molecule is Cc1nc2cc(F)ccc2cc1C(=O)N1CCC(C(=O)Nc2ccccc2)CC1. The fourth-order valence-electron chi connectivity index (χ4n) is 3.73. The van der Waals surface area contributed by atoms with Crippen molar-refractivity contribution in [1.82, 2.24) is 9.88 Å². The molecule has 1 fully saturated rings. The summed E-state index contributed by atoms with van der Waals surface area (Å²) in [7, 11) is 0. The van der Waals surface area contributed by atoms with Crippen LogP contribution >= 0.6 is 0 Å². The van der Waals surface area contributed by atoms with Gasteiger partial charge in [-0.15, -0.1) is 0 Å². The number of pyridine rings is 1. The van der Waals surface area contributed by atoms with E-state index in [1.165, 1.54) is 12.1 Å². The van der Waals surface area contributed by atoms with Crippen LogP contribution in [0.4, 0.5) is 10.1 Å². The molecular weight excluding hydrogens is 369 g/mol. The van der Waals surface area contributed by atoms with Crippen LogP contribution in [0, 0.1) is 18.7 Å². The number of halogens is 1. The molecule has 1 aromatic heterocycles. The molecular formula is C23H22FN3O2. The summed E-state index contributed by atoms with van der Waals surface area (Å²) in [6.45, 7) is 2.80. The Labute approximate surface area is 168 Å². The fourth-order valence-corrected chi connectivity index (χ4v) is 3.73. The van der Waals surface area contributed by atoms with Gasteiger partial charge in [0.2, 0.25) is 5.91 Å². The number of carbonyl (C=O) groups is 2. The molecule has 1 N–H and O–H groups in total. The minimum Gasteiger partial charge on any atom is -0.339 e. The highest BCUT2D eigenvalue weighted by Crippen LogP contribution is 2.23. The number of carbonyl (C=O) groups excluding carboxylic acids is 2. The number of fused-ring (bicyclic) bond motifs is 1. The van der Waals surface area contributed by atoms with Crippen molar-refractivity contribution in [1.29, 1.82) is 0 Å². The van der Waals surface area contributed by atoms with Gasteiger partial charge in [-0.3, -0.25) is 14.6 Å². The number of rotatable bonds is 3. The molecule has 29 heavy (non-hydrogen) atoms. The van der Waals surface area contributed by atoms with Crippen LogP contribution in [0.2, 0.25) is 0 Å². The Morgan fingerprint density at radius 1 is 1.07 bits per heavy atom. The van der Waals surface area contributed by atoms with Crippen molar-refractivity contribution < 1.29 is 14.0 Å². The van der Waals surface area contributed by atoms with E-state index >= 15 is 0 Å². The molecule has 0 aliphatic carbocycles. The van der Waals surface area contributed by atoms with Crippen LogP contribution in [0.3, 0.4) is 0 Å². The second kappa shape index (κ2) is 7.99. The second-order valence-electron chi connectivity index (χ2n) is 7.38. The monoisotopic (exact) mass is 391 g/mol. The molecule has 6 heteroatoms. The molecule has 1 saturated heterocycles. The molecule has 2 amide bonds. The third-order valence-corrected chi connectivity index (χ3v) is 5.39. The van der Waals surface area contributed by atoms with E-state index in [2.05, 4.69) is 10.3 Å². The zero-order valence-corrected chi connectivity index (χ0v) is 16.2. The molecule has 4 rings (SSSR count). The molecule has 0 spiro atoms. The number of aromatic nitrogens is 1. The summed E-state index contributed by atoms with van der Waals surface area (Å²) in [5, 5.41) is 3.67. The van der Waals surface area contributed by atoms with E-state index in [0.717, 1.165) is 11.1 Å². The first kappa shape index (κ1) is 19.1. The first-order valence-electron chi connectivity index (χ1n) is 9.73. The lowest BCUT2D eigenvalue weighted by Crippen LogP contribution is -2.41. The zero-order valence-electron chi connectivity index (χ0n) is 16.2. The van der Waals surface area contributed by atoms with Crippen molar-refractivity contribution in [3.8, 4) is 0 Å². The lowest BCUT2D eigenvalue weighted by atomic mass is 9.95. The van der Waals surface area contributed by atoms with Gasteiger partial charge in [0.05, 0.1) is 16.8 Å². The third kappa shape index (κ3) is 4.11. The molecule has 0 bridgehead atoms. The van der Waals surface area contributed by atoms with Crippen molar-refractivity contribution >= 4 is 28.4 Å². The van der Waals surface area contributed by atoms with E-state index in [1.807, 2.05) is 30.3 Å². The molecule has 0 atom stereocenters. The van der Waals surface area contributed by atoms with E-state index in [9.17, 15) is 14.0 Å². The standard InChI is InChI=1S/C23H22FN3O2/c1-15-20(13-17-7-8-18(24)14-21(17)25-15)23(29)27-11-9-16(10-12-27)22(28)26-19-5-3-2-4-6-19/h2-8,13-14,16H,9-12H2,1H3,(H,26,28). The number of nitrogens with zero attached hydrogens (tertiary/aromatic N) is 2. The number of nitrogens with one attached hydrogen (secondary N) is 1. The molecule has 3 aromatic rings. The average molecular weight is 391 g/mol. The van der Waals surface area contributed by atoms with Crippen molar-refractivity contribution in [2.24, 2.45) is 5.92 Å². The second-order valence-corrected chi connectivity index (χ2v) is 7.38. The number of hydrogen-bond donors (Lipinski definition) is 1. The Morgan fingerprint density at radius 3 is 2.52 bits per heavy atom. The number of likely N-dealkylation sites (tertiary alicyclic amines) is 1. The summed E-state index contributed by atoms with van der Waals surface area (Å²) < 4.78 is 13.4. The molecule has 1 aliphatic heterocycles. The minimum absolute atomic E-state index is 0.00567. The lowest BCUT2D eigenvalue weighted by molar-refractivity contribution is -0.121. The smallest absolute Gasteiger partial charge is 0.255 e. The normalized spacial score (nSPS) is 14.8. The molecule has 2 heterocycles. The van der Waals surface area contributed by atoms with Gasteiger partial charge in [0.25, 0.3) is 5.91 Å². The maximum Gasteiger partial charge on any atom is 0.255 e. The summed E-state index contributed by atoms with van der Waals surface area (Å²) in [5.41, 5.74) is 2.42. The maximum atomic E-state index is 13.4. The molecule has 5 nitrogen and oxygen atoms in total. The number of hydrogen-bond acceptors (Lipinski definition) is 3. The summed E-state index contributed by atoms with van der Waals surface area (Å²) in [6.07, 6.45) is 1.24. The van der Waals surface area contributed by atoms with E-state index < -0.39 is 0 Å². The maximum absolute atomic E-state index is 13.4. The molecule has 1 aliphatic rings. The van der Waals surface area contributed by atoms with Gasteiger partial charge in [0, 0.05) is 36.1 Å². The van der Waals surface area contributed by atoms with Crippen molar-refractivity contribution in [3.63, 3.8) is 0 Å². The Hall–Kier alpha value is -3.28. The molecule has 0 unspecified atom stereocenters. The Morgan fingerprint density at radius 2 is 1.79 bits per heavy atom. The van der Waals surface area contributed by atoms with Crippen molar-refractivity contribution in [2.45, 2.75) is 19.8 Å². The number of amides is 2. The van der Waals surface area contributed by atoms with Crippen molar-refractivity contribution in [3.05, 3.63) is 71.7 Å². The summed E-state index contributed by atoms with van der Waals surface area (Å²) in [6, 6.07) is 15.5. The third-order valence-electron chi connectivity index (χ3n) is 5.39. The summed E-state index contributed by atoms with van der Waals surface area (Å²) >= 11 is 0. The molecule has 0 radical (unpaired) electrons. The van der Waals surface area contributed by atoms with Crippen LogP contribution in [0.1, 0.15) is 28.9 Å². The number of para-hydroxylation sites is 1. The van der Waals surface area contributed by atoms with Gasteiger partial charge in [-0.05, 0) is 50.1 Å². The first-order valence-corrected chi connectivity index (χ1v) is 9.73. The zero-order chi connectivity index (χ0) is 20.4. The largest absolute Gasteiger partial charge is 0.339 e. The molecule has 148 valence electrons. The fraction of sp³-hybridized carbons (Fsp3) is 0.261. The van der Waals surface area contributed by atoms with Gasteiger partial charge >= 0.3 is 0 Å². The highest BCUT2D eigenvalue weighted by molar-refractivity contribution is 5.99. The average Bonchev–Trinajstić information content (AvgIpc) is 2.73. The Kier molecular flexibility index (Phi) is 5.25. The highest BCUT2D eigenvalue weighted by Gasteiger charge is 2.28. The predicted octanol–water partition coefficient (Wildman–Crippen LogP) is 4.17. The van der Waals surface area contributed by atoms with Gasteiger partial charge in [0.1, 0.15) is 5.82 Å². The van der Waals surface area contributed by atoms with Gasteiger partial charge in [-0.1, -0.05) is 18.2 Å². The van der Waals surface area contributed by atoms with Crippen LogP contribution in [-0.2, 0) is 4.79 Å². The molecule has 2 aromatic carbocycles. The van der Waals surface area contributed by atoms with E-state index in [4.69, 9.17) is 0 Å². The number of aryl methyl sites for hydroxylation is 1. The van der Waals surface area contributed by atoms with Gasteiger partial charge < -0.3 is 10.2 Å². The summed E-state index contributed by atoms with van der Waals surface area (Å²) in [5.74, 6) is -0.561. The van der Waals surface area contributed by atoms with E-state index in [1.54, 1.807) is 24.0 Å². The minimum atomic E-state index is -0.348. The molecule has 0 saturated carbocycles. The quantitative estimate of drug-likeness (QED) is 0.729. The Balaban J connectivity index is 1.42. The first-order chi connectivity index (χ1) is 14.0. The summed E-state index contributed by atoms with van der Waals surface area (Å²) in [4.78, 5) is 31.7. The topological polar surface area (TPSA) is 62.3 Å². The van der Waals surface area contributed by atoms with Gasteiger partial charge in [-0.25, -0.2) is 4.39 Å². The highest BCUT2D eigenvalue weighted by atomic mass is 19.1. The van der Waals surface area contributed by atoms with E-state index in [-0.39, 0.29) is 23.5 Å². The van der Waals surface area contributed by atoms with Crippen LogP contribution < -0.4 is 5.32 Å². The number of piperidine rings is 1. The van der Waals surface area contributed by atoms with Crippen LogP contribution in [0.25, 0.3) is 10.9 Å². The lowest BCUT2D eigenvalue weighted by Gasteiger charge is -2.31.